The van der Waals surface area contributed by atoms with Crippen molar-refractivity contribution in [2.75, 3.05) is 0 Å². The minimum absolute atomic E-state index is 0.833. The van der Waals surface area contributed by atoms with Crippen LogP contribution in [0.15, 0.2) is 134 Å². The lowest BCUT2D eigenvalue weighted by molar-refractivity contribution is -0.134. The first-order valence-corrected chi connectivity index (χ1v) is 10.6. The van der Waals surface area contributed by atoms with Gasteiger partial charge in [0.2, 0.25) is 0 Å². The molecule has 7 heteroatoms. The molecule has 6 heterocycles. The fourth-order valence-corrected chi connectivity index (χ4v) is 3.66. The second-order valence-electron chi connectivity index (χ2n) is 7.70. The largest absolute Gasteiger partial charge is 0.481 e. The highest BCUT2D eigenvalue weighted by Crippen LogP contribution is 2.28. The summed E-state index contributed by atoms with van der Waals surface area (Å²) in [5, 5.41) is 7.42. The predicted molar refractivity (Wildman–Crippen MR) is 135 cm³/mol. The summed E-state index contributed by atoms with van der Waals surface area (Å²) in [4.78, 5) is 32.0. The zero-order valence-electron chi connectivity index (χ0n) is 18.3. The van der Waals surface area contributed by atoms with Crippen LogP contribution in [0.2, 0.25) is 0 Å². The molecule has 0 atom stereocenters. The quantitative estimate of drug-likeness (QED) is 0.684. The highest BCUT2D eigenvalue weighted by Gasteiger charge is 2.18. The molecule has 164 valence electrons. The number of carboxylic acids is 1. The number of aliphatic imine (C=N–C) groups is 4. The van der Waals surface area contributed by atoms with Crippen molar-refractivity contribution in [1.82, 2.24) is 4.98 Å². The summed E-state index contributed by atoms with van der Waals surface area (Å²) in [6, 6.07) is 3.98. The number of nitrogens with zero attached hydrogens (tertiary/aromatic N) is 5. The van der Waals surface area contributed by atoms with Crippen molar-refractivity contribution in [3.05, 3.63) is 120 Å². The van der Waals surface area contributed by atoms with Crippen molar-refractivity contribution < 1.29 is 9.90 Å². The van der Waals surface area contributed by atoms with Crippen LogP contribution < -0.4 is 0 Å². The number of aliphatic carboxylic acids is 1. The van der Waals surface area contributed by atoms with Gasteiger partial charge in [-0.05, 0) is 84.5 Å². The van der Waals surface area contributed by atoms with Gasteiger partial charge in [-0.15, -0.1) is 0 Å². The Balaban J connectivity index is 0.000000560. The van der Waals surface area contributed by atoms with Crippen molar-refractivity contribution in [3.8, 4) is 0 Å². The molecule has 34 heavy (non-hydrogen) atoms. The van der Waals surface area contributed by atoms with Crippen LogP contribution in [0.1, 0.15) is 12.5 Å². The summed E-state index contributed by atoms with van der Waals surface area (Å²) in [5.41, 5.74) is 9.07. The molecule has 1 aromatic rings. The van der Waals surface area contributed by atoms with Crippen LogP contribution in [0.5, 0.6) is 0 Å². The van der Waals surface area contributed by atoms with Gasteiger partial charge >= 0.3 is 0 Å². The molecule has 0 saturated heterocycles. The summed E-state index contributed by atoms with van der Waals surface area (Å²) >= 11 is 0. The Labute approximate surface area is 196 Å². The Hall–Kier alpha value is -4.78. The molecule has 0 unspecified atom stereocenters. The van der Waals surface area contributed by atoms with E-state index in [4.69, 9.17) is 19.9 Å². The van der Waals surface area contributed by atoms with Gasteiger partial charge in [0.15, 0.2) is 0 Å². The van der Waals surface area contributed by atoms with Gasteiger partial charge in [-0.1, -0.05) is 0 Å². The van der Waals surface area contributed by atoms with Crippen LogP contribution in [-0.2, 0) is 4.79 Å². The van der Waals surface area contributed by atoms with E-state index >= 15 is 0 Å². The molecule has 1 aromatic heterocycles. The lowest BCUT2D eigenvalue weighted by Gasteiger charge is -2.02. The molecule has 0 fully saturated rings. The normalized spacial score (nSPS) is 19.0. The lowest BCUT2D eigenvalue weighted by atomic mass is 10.0. The van der Waals surface area contributed by atoms with E-state index in [2.05, 4.69) is 21.0 Å². The fourth-order valence-electron chi connectivity index (χ4n) is 3.66. The van der Waals surface area contributed by atoms with Crippen molar-refractivity contribution in [2.24, 2.45) is 20.0 Å². The monoisotopic (exact) mass is 445 g/mol. The number of aromatic nitrogens is 1. The molecule has 5 aliphatic rings. The van der Waals surface area contributed by atoms with Gasteiger partial charge in [-0.2, -0.15) is 0 Å². The summed E-state index contributed by atoms with van der Waals surface area (Å²) in [6.07, 6.45) is 25.6. The smallest absolute Gasteiger partial charge is 0.300 e. The Kier molecular flexibility index (Phi) is 5.58. The molecule has 6 rings (SSSR count). The SMILES string of the molecule is C1=CC2=NC1=CC1=NC(=CC3=NC(=CC4=NC(=C2)C=C4)C=C3c2ccncc2)C=C1.CC(=O)O. The van der Waals surface area contributed by atoms with E-state index in [-0.39, 0.29) is 0 Å². The van der Waals surface area contributed by atoms with Crippen LogP contribution in [-0.4, -0.2) is 38.9 Å². The maximum atomic E-state index is 9.00. The van der Waals surface area contributed by atoms with E-state index in [0.29, 0.717) is 0 Å². The number of carbonyl (C=O) groups is 1. The highest BCUT2D eigenvalue weighted by atomic mass is 16.4. The van der Waals surface area contributed by atoms with E-state index < -0.39 is 5.97 Å². The molecule has 0 aliphatic carbocycles. The van der Waals surface area contributed by atoms with Gasteiger partial charge in [-0.3, -0.25) is 9.78 Å². The van der Waals surface area contributed by atoms with E-state index in [1.54, 1.807) is 12.4 Å². The number of carboxylic acid groups (broad SMARTS) is 1. The average molecular weight is 445 g/mol. The number of hydrogen-bond donors (Lipinski definition) is 1. The first-order valence-electron chi connectivity index (χ1n) is 10.6. The maximum absolute atomic E-state index is 9.00. The van der Waals surface area contributed by atoms with Crippen LogP contribution >= 0.6 is 0 Å². The molecular formula is C27H19N5O2. The molecule has 0 radical (unpaired) electrons. The first kappa shape index (κ1) is 21.1. The van der Waals surface area contributed by atoms with Crippen molar-refractivity contribution in [3.63, 3.8) is 0 Å². The Morgan fingerprint density at radius 1 is 0.647 bits per heavy atom. The minimum Gasteiger partial charge on any atom is -0.481 e. The summed E-state index contributed by atoms with van der Waals surface area (Å²) in [7, 11) is 0. The molecule has 0 saturated carbocycles. The molecule has 8 bridgehead atoms. The third-order valence-corrected chi connectivity index (χ3v) is 5.03. The molecule has 5 aliphatic heterocycles. The van der Waals surface area contributed by atoms with Crippen LogP contribution in [0, 0.1) is 0 Å². The molecule has 0 amide bonds. The number of rotatable bonds is 1. The van der Waals surface area contributed by atoms with Gasteiger partial charge in [0.1, 0.15) is 0 Å². The summed E-state index contributed by atoms with van der Waals surface area (Å²) in [5.74, 6) is -0.833. The third-order valence-electron chi connectivity index (χ3n) is 5.03. The molecular weight excluding hydrogens is 426 g/mol. The van der Waals surface area contributed by atoms with Gasteiger partial charge in [0.25, 0.3) is 5.97 Å². The molecule has 1 N–H and O–H groups in total. The van der Waals surface area contributed by atoms with Crippen LogP contribution in [0.25, 0.3) is 5.57 Å². The first-order chi connectivity index (χ1) is 16.5. The number of fused-ring (bicyclic) bond motifs is 4. The molecule has 7 nitrogen and oxygen atoms in total. The lowest BCUT2D eigenvalue weighted by Crippen LogP contribution is -1.96. The third kappa shape index (κ3) is 4.83. The fraction of sp³-hybridized carbons (Fsp3) is 0.0370. The zero-order valence-corrected chi connectivity index (χ0v) is 18.3. The zero-order chi connectivity index (χ0) is 23.5. The van der Waals surface area contributed by atoms with E-state index in [1.165, 1.54) is 0 Å². The average Bonchev–Trinajstić information content (AvgIpc) is 3.59. The second kappa shape index (κ2) is 8.99. The van der Waals surface area contributed by atoms with Crippen molar-refractivity contribution in [2.45, 2.75) is 6.92 Å². The van der Waals surface area contributed by atoms with E-state index in [0.717, 1.165) is 63.7 Å². The predicted octanol–water partition coefficient (Wildman–Crippen LogP) is 4.59. The molecule has 0 spiro atoms. The van der Waals surface area contributed by atoms with Crippen molar-refractivity contribution in [1.29, 1.82) is 0 Å². The second-order valence-corrected chi connectivity index (χ2v) is 7.70. The Morgan fingerprint density at radius 3 is 1.65 bits per heavy atom. The molecule has 0 aromatic carbocycles. The Bertz CT molecular complexity index is 1450. The number of allylic oxidation sites excluding steroid dienone is 12. The number of hydrogen-bond acceptors (Lipinski definition) is 6. The Morgan fingerprint density at radius 2 is 1.12 bits per heavy atom. The number of pyridine rings is 1. The van der Waals surface area contributed by atoms with Gasteiger partial charge in [0.05, 0.1) is 45.6 Å². The summed E-state index contributed by atoms with van der Waals surface area (Å²) in [6.45, 7) is 1.08. The van der Waals surface area contributed by atoms with Gasteiger partial charge in [-0.25, -0.2) is 20.0 Å². The topological polar surface area (TPSA) is 99.6 Å². The van der Waals surface area contributed by atoms with Crippen LogP contribution in [0.4, 0.5) is 0 Å². The van der Waals surface area contributed by atoms with E-state index in [1.807, 2.05) is 72.9 Å². The van der Waals surface area contributed by atoms with Gasteiger partial charge < -0.3 is 5.11 Å². The van der Waals surface area contributed by atoms with E-state index in [9.17, 15) is 0 Å². The minimum atomic E-state index is -0.833. The van der Waals surface area contributed by atoms with Crippen LogP contribution in [0.3, 0.4) is 0 Å². The summed E-state index contributed by atoms with van der Waals surface area (Å²) < 4.78 is 0. The van der Waals surface area contributed by atoms with Crippen molar-refractivity contribution >= 4 is 34.4 Å². The van der Waals surface area contributed by atoms with Gasteiger partial charge in [0, 0.05) is 24.9 Å². The standard InChI is InChI=1S/C25H15N5.C2H4O2/c1-2-18-12-20-5-6-22(29-20)15-25-24(16-7-9-26-10-8-16)14-23(30-25)13-21-4-3-19(28-21)11-17(1)27-18;1-2(3)4/h1-15H;1H3,(H,3,4). The maximum Gasteiger partial charge on any atom is 0.300 e. The highest BCUT2D eigenvalue weighted by molar-refractivity contribution is 6.32.